The quantitative estimate of drug-likeness (QED) is 0.727. The van der Waals surface area contributed by atoms with Crippen LogP contribution < -0.4 is 0 Å². The van der Waals surface area contributed by atoms with E-state index in [0.717, 1.165) is 17.9 Å². The van der Waals surface area contributed by atoms with Gasteiger partial charge in [0, 0.05) is 12.6 Å². The highest BCUT2D eigenvalue weighted by atomic mass is 16.4. The van der Waals surface area contributed by atoms with Crippen LogP contribution in [-0.2, 0) is 17.8 Å². The lowest BCUT2D eigenvalue weighted by atomic mass is 10.4. The molecule has 66 valence electrons. The lowest BCUT2D eigenvalue weighted by Crippen LogP contribution is -2.10. The second-order valence-corrected chi connectivity index (χ2v) is 2.67. The van der Waals surface area contributed by atoms with Gasteiger partial charge < -0.3 is 9.67 Å². The lowest BCUT2D eigenvalue weighted by molar-refractivity contribution is -0.137. The minimum absolute atomic E-state index is 0.00398. The van der Waals surface area contributed by atoms with Crippen LogP contribution in [0, 0.1) is 6.92 Å². The average molecular weight is 168 g/mol. The van der Waals surface area contributed by atoms with Crippen LogP contribution >= 0.6 is 0 Å². The van der Waals surface area contributed by atoms with Gasteiger partial charge in [-0.2, -0.15) is 0 Å². The SMILES string of the molecule is CCc1nc(C)cn1CC(=O)O. The van der Waals surface area contributed by atoms with Crippen LogP contribution in [0.1, 0.15) is 18.4 Å². The fourth-order valence-electron chi connectivity index (χ4n) is 1.16. The maximum Gasteiger partial charge on any atom is 0.323 e. The Balaban J connectivity index is 2.89. The topological polar surface area (TPSA) is 55.1 Å². The molecule has 0 aromatic carbocycles. The van der Waals surface area contributed by atoms with Gasteiger partial charge in [0.05, 0.1) is 5.69 Å². The van der Waals surface area contributed by atoms with Crippen molar-refractivity contribution >= 4 is 5.97 Å². The Morgan fingerprint density at radius 1 is 1.75 bits per heavy atom. The van der Waals surface area contributed by atoms with Crippen molar-refractivity contribution in [1.82, 2.24) is 9.55 Å². The summed E-state index contributed by atoms with van der Waals surface area (Å²) in [5, 5.41) is 8.55. The summed E-state index contributed by atoms with van der Waals surface area (Å²) >= 11 is 0. The van der Waals surface area contributed by atoms with Crippen LogP contribution in [0.3, 0.4) is 0 Å². The smallest absolute Gasteiger partial charge is 0.323 e. The molecular weight excluding hydrogens is 156 g/mol. The molecule has 12 heavy (non-hydrogen) atoms. The minimum Gasteiger partial charge on any atom is -0.480 e. The van der Waals surface area contributed by atoms with Gasteiger partial charge in [0.1, 0.15) is 12.4 Å². The molecule has 0 bridgehead atoms. The standard InChI is InChI=1S/C8H12N2O2/c1-3-7-9-6(2)4-10(7)5-8(11)12/h4H,3,5H2,1-2H3,(H,11,12). The number of aromatic nitrogens is 2. The van der Waals surface area contributed by atoms with E-state index >= 15 is 0 Å². The number of hydrogen-bond acceptors (Lipinski definition) is 2. The number of carboxylic acids is 1. The molecule has 0 atom stereocenters. The molecule has 1 N–H and O–H groups in total. The molecule has 0 radical (unpaired) electrons. The summed E-state index contributed by atoms with van der Waals surface area (Å²) in [6.07, 6.45) is 2.52. The number of carboxylic acid groups (broad SMARTS) is 1. The first-order valence-electron chi connectivity index (χ1n) is 3.88. The number of rotatable bonds is 3. The number of nitrogens with zero attached hydrogens (tertiary/aromatic N) is 2. The molecule has 0 aliphatic heterocycles. The van der Waals surface area contributed by atoms with Gasteiger partial charge in [0.15, 0.2) is 0 Å². The highest BCUT2D eigenvalue weighted by Crippen LogP contribution is 2.02. The zero-order valence-electron chi connectivity index (χ0n) is 7.24. The van der Waals surface area contributed by atoms with Gasteiger partial charge in [-0.1, -0.05) is 6.92 Å². The summed E-state index contributed by atoms with van der Waals surface area (Å²) in [5.41, 5.74) is 0.869. The van der Waals surface area contributed by atoms with Crippen molar-refractivity contribution in [3.05, 3.63) is 17.7 Å². The summed E-state index contributed by atoms with van der Waals surface area (Å²) in [6.45, 7) is 3.82. The van der Waals surface area contributed by atoms with E-state index in [9.17, 15) is 4.79 Å². The number of imidazole rings is 1. The summed E-state index contributed by atoms with van der Waals surface area (Å²) in [6, 6.07) is 0. The van der Waals surface area contributed by atoms with Gasteiger partial charge in [0.25, 0.3) is 0 Å². The van der Waals surface area contributed by atoms with Crippen molar-refractivity contribution in [3.8, 4) is 0 Å². The van der Waals surface area contributed by atoms with E-state index in [4.69, 9.17) is 5.11 Å². The summed E-state index contributed by atoms with van der Waals surface area (Å²) < 4.78 is 1.66. The Morgan fingerprint density at radius 3 is 2.92 bits per heavy atom. The summed E-state index contributed by atoms with van der Waals surface area (Å²) in [4.78, 5) is 14.6. The molecule has 0 saturated carbocycles. The lowest BCUT2D eigenvalue weighted by Gasteiger charge is -2.00. The Hall–Kier alpha value is -1.32. The second kappa shape index (κ2) is 3.38. The van der Waals surface area contributed by atoms with Crippen molar-refractivity contribution in [1.29, 1.82) is 0 Å². The third kappa shape index (κ3) is 1.84. The monoisotopic (exact) mass is 168 g/mol. The molecule has 0 fully saturated rings. The zero-order valence-corrected chi connectivity index (χ0v) is 7.24. The molecule has 1 aromatic rings. The molecule has 0 unspecified atom stereocenters. The largest absolute Gasteiger partial charge is 0.480 e. The highest BCUT2D eigenvalue weighted by Gasteiger charge is 2.05. The molecule has 0 aliphatic carbocycles. The number of aliphatic carboxylic acids is 1. The predicted molar refractivity (Wildman–Crippen MR) is 44.0 cm³/mol. The first-order valence-corrected chi connectivity index (χ1v) is 3.88. The van der Waals surface area contributed by atoms with Crippen molar-refractivity contribution in [2.45, 2.75) is 26.8 Å². The van der Waals surface area contributed by atoms with Crippen LogP contribution in [0.4, 0.5) is 0 Å². The van der Waals surface area contributed by atoms with Gasteiger partial charge in [0.2, 0.25) is 0 Å². The van der Waals surface area contributed by atoms with E-state index in [2.05, 4.69) is 4.98 Å². The van der Waals surface area contributed by atoms with Gasteiger partial charge in [-0.25, -0.2) is 4.98 Å². The maximum atomic E-state index is 10.4. The van der Waals surface area contributed by atoms with Crippen molar-refractivity contribution < 1.29 is 9.90 Å². The first kappa shape index (κ1) is 8.77. The molecule has 1 heterocycles. The molecular formula is C8H12N2O2. The Labute approximate surface area is 70.9 Å². The fourth-order valence-corrected chi connectivity index (χ4v) is 1.16. The predicted octanol–water partition coefficient (Wildman–Crippen LogP) is 0.839. The third-order valence-electron chi connectivity index (χ3n) is 1.60. The van der Waals surface area contributed by atoms with E-state index in [-0.39, 0.29) is 6.54 Å². The maximum absolute atomic E-state index is 10.4. The first-order chi connectivity index (χ1) is 5.63. The molecule has 4 heteroatoms. The van der Waals surface area contributed by atoms with Gasteiger partial charge in [-0.05, 0) is 6.92 Å². The van der Waals surface area contributed by atoms with Crippen LogP contribution in [0.2, 0.25) is 0 Å². The Kier molecular flexibility index (Phi) is 2.47. The number of aryl methyl sites for hydroxylation is 2. The van der Waals surface area contributed by atoms with Gasteiger partial charge >= 0.3 is 5.97 Å². The van der Waals surface area contributed by atoms with E-state index < -0.39 is 5.97 Å². The summed E-state index contributed by atoms with van der Waals surface area (Å²) in [7, 11) is 0. The van der Waals surface area contributed by atoms with Crippen LogP contribution in [0.15, 0.2) is 6.20 Å². The Bertz CT molecular complexity index is 291. The van der Waals surface area contributed by atoms with Crippen LogP contribution in [-0.4, -0.2) is 20.6 Å². The number of hydrogen-bond donors (Lipinski definition) is 1. The van der Waals surface area contributed by atoms with E-state index in [1.807, 2.05) is 13.8 Å². The molecule has 1 aromatic heterocycles. The molecule has 0 amide bonds. The number of carbonyl (C=O) groups is 1. The molecule has 0 spiro atoms. The summed E-state index contributed by atoms with van der Waals surface area (Å²) in [5.74, 6) is -0.00278. The third-order valence-corrected chi connectivity index (χ3v) is 1.60. The van der Waals surface area contributed by atoms with E-state index in [1.165, 1.54) is 0 Å². The molecule has 0 saturated heterocycles. The van der Waals surface area contributed by atoms with E-state index in [1.54, 1.807) is 10.8 Å². The highest BCUT2D eigenvalue weighted by molar-refractivity contribution is 5.66. The zero-order chi connectivity index (χ0) is 9.14. The molecule has 1 rings (SSSR count). The van der Waals surface area contributed by atoms with Crippen molar-refractivity contribution in [3.63, 3.8) is 0 Å². The second-order valence-electron chi connectivity index (χ2n) is 2.67. The van der Waals surface area contributed by atoms with Crippen molar-refractivity contribution in [2.24, 2.45) is 0 Å². The van der Waals surface area contributed by atoms with Crippen LogP contribution in [0.25, 0.3) is 0 Å². The van der Waals surface area contributed by atoms with Crippen LogP contribution in [0.5, 0.6) is 0 Å². The average Bonchev–Trinajstić information content (AvgIpc) is 2.29. The molecule has 4 nitrogen and oxygen atoms in total. The Morgan fingerprint density at radius 2 is 2.42 bits per heavy atom. The van der Waals surface area contributed by atoms with Gasteiger partial charge in [-0.3, -0.25) is 4.79 Å². The minimum atomic E-state index is -0.831. The molecule has 0 aliphatic rings. The normalized spacial score (nSPS) is 10.2. The fraction of sp³-hybridized carbons (Fsp3) is 0.500. The van der Waals surface area contributed by atoms with Gasteiger partial charge in [-0.15, -0.1) is 0 Å². The van der Waals surface area contributed by atoms with E-state index in [0.29, 0.717) is 0 Å². The van der Waals surface area contributed by atoms with Crippen molar-refractivity contribution in [2.75, 3.05) is 0 Å².